The Kier molecular flexibility index (Phi) is 8.19. The van der Waals surface area contributed by atoms with Crippen LogP contribution in [0.4, 0.5) is 0 Å². The van der Waals surface area contributed by atoms with Gasteiger partial charge in [-0.25, -0.2) is 0 Å². The quantitative estimate of drug-likeness (QED) is 0.611. The average molecular weight is 323 g/mol. The van der Waals surface area contributed by atoms with E-state index in [0.717, 1.165) is 6.42 Å². The second-order valence-electron chi connectivity index (χ2n) is 5.73. The summed E-state index contributed by atoms with van der Waals surface area (Å²) in [5, 5.41) is 0. The van der Waals surface area contributed by atoms with Gasteiger partial charge in [0.05, 0.1) is 5.92 Å². The first-order chi connectivity index (χ1) is 9.17. The van der Waals surface area contributed by atoms with Gasteiger partial charge in [-0.15, -0.1) is 0 Å². The Labute approximate surface area is 125 Å². The monoisotopic (exact) mass is 322 g/mol. The van der Waals surface area contributed by atoms with Crippen molar-refractivity contribution in [1.29, 1.82) is 0 Å². The molecule has 0 heterocycles. The lowest BCUT2D eigenvalue weighted by molar-refractivity contribution is -0.139. The van der Waals surface area contributed by atoms with Gasteiger partial charge >= 0.3 is 8.80 Å². The second kappa shape index (κ2) is 8.28. The van der Waals surface area contributed by atoms with Crippen LogP contribution >= 0.6 is 0 Å². The van der Waals surface area contributed by atoms with Crippen molar-refractivity contribution in [3.05, 3.63) is 0 Å². The van der Waals surface area contributed by atoms with Gasteiger partial charge < -0.3 is 17.7 Å². The molecule has 0 N–H and O–H groups in total. The van der Waals surface area contributed by atoms with E-state index in [2.05, 4.69) is 26.9 Å². The zero-order valence-corrected chi connectivity index (χ0v) is 16.1. The zero-order valence-electron chi connectivity index (χ0n) is 14.1. The first-order valence-electron chi connectivity index (χ1n) is 7.06. The summed E-state index contributed by atoms with van der Waals surface area (Å²) in [6.45, 7) is 10.3. The third-order valence-electron chi connectivity index (χ3n) is 4.05. The molecule has 0 aliphatic heterocycles. The molecular weight excluding hydrogens is 292 g/mol. The standard InChI is InChI=1S/C13H30O5Si2/c1-9-12(3)19(7,8)18-13(14)11(2)10-20(15-4,16-5)17-6/h11-12H,9-10H2,1-8H3. The molecule has 7 heteroatoms. The third kappa shape index (κ3) is 5.29. The Balaban J connectivity index is 4.71. The Morgan fingerprint density at radius 2 is 1.50 bits per heavy atom. The highest BCUT2D eigenvalue weighted by Gasteiger charge is 2.43. The summed E-state index contributed by atoms with van der Waals surface area (Å²) in [6, 6.07) is 0.431. The van der Waals surface area contributed by atoms with Gasteiger partial charge in [-0.3, -0.25) is 4.79 Å². The molecule has 120 valence electrons. The van der Waals surface area contributed by atoms with Gasteiger partial charge in [-0.2, -0.15) is 0 Å². The summed E-state index contributed by atoms with van der Waals surface area (Å²) >= 11 is 0. The van der Waals surface area contributed by atoms with Crippen molar-refractivity contribution in [2.75, 3.05) is 21.3 Å². The SMILES string of the molecule is CCC(C)[Si](C)(C)OC(=O)C(C)C[Si](OC)(OC)OC. The van der Waals surface area contributed by atoms with Gasteiger partial charge in [0.25, 0.3) is 14.3 Å². The van der Waals surface area contributed by atoms with E-state index in [1.165, 1.54) is 0 Å². The highest BCUT2D eigenvalue weighted by molar-refractivity contribution is 6.74. The van der Waals surface area contributed by atoms with Crippen LogP contribution in [-0.4, -0.2) is 44.4 Å². The highest BCUT2D eigenvalue weighted by atomic mass is 28.4. The lowest BCUT2D eigenvalue weighted by Gasteiger charge is -2.31. The molecule has 20 heavy (non-hydrogen) atoms. The van der Waals surface area contributed by atoms with Crippen LogP contribution in [0.5, 0.6) is 0 Å². The largest absolute Gasteiger partial charge is 0.519 e. The molecule has 0 aliphatic rings. The zero-order chi connectivity index (χ0) is 16.0. The Morgan fingerprint density at radius 3 is 1.85 bits per heavy atom. The summed E-state index contributed by atoms with van der Waals surface area (Å²) < 4.78 is 21.8. The van der Waals surface area contributed by atoms with Crippen molar-refractivity contribution in [3.63, 3.8) is 0 Å². The van der Waals surface area contributed by atoms with Gasteiger partial charge in [0, 0.05) is 27.4 Å². The Bertz CT molecular complexity index is 297. The van der Waals surface area contributed by atoms with Crippen molar-refractivity contribution in [1.82, 2.24) is 0 Å². The molecular formula is C13H30O5Si2. The maximum atomic E-state index is 12.3. The van der Waals surface area contributed by atoms with Gasteiger partial charge in [0.1, 0.15) is 0 Å². The van der Waals surface area contributed by atoms with Crippen molar-refractivity contribution in [2.24, 2.45) is 5.92 Å². The van der Waals surface area contributed by atoms with E-state index in [1.807, 2.05) is 6.92 Å². The van der Waals surface area contributed by atoms with Crippen molar-refractivity contribution in [2.45, 2.75) is 51.9 Å². The van der Waals surface area contributed by atoms with E-state index in [-0.39, 0.29) is 11.9 Å². The van der Waals surface area contributed by atoms with Crippen LogP contribution in [-0.2, 0) is 22.5 Å². The molecule has 2 atom stereocenters. The lowest BCUT2D eigenvalue weighted by atomic mass is 10.2. The fraction of sp³-hybridized carbons (Fsp3) is 0.923. The summed E-state index contributed by atoms with van der Waals surface area (Å²) in [5.74, 6) is -0.470. The van der Waals surface area contributed by atoms with Crippen LogP contribution in [0.25, 0.3) is 0 Å². The summed E-state index contributed by atoms with van der Waals surface area (Å²) in [7, 11) is -0.0825. The maximum absolute atomic E-state index is 12.3. The number of hydrogen-bond donors (Lipinski definition) is 0. The molecule has 0 saturated heterocycles. The normalized spacial score (nSPS) is 15.8. The van der Waals surface area contributed by atoms with E-state index in [1.54, 1.807) is 21.3 Å². The minimum absolute atomic E-state index is 0.176. The molecule has 0 bridgehead atoms. The third-order valence-corrected chi connectivity index (χ3v) is 10.5. The van der Waals surface area contributed by atoms with Crippen LogP contribution in [0, 0.1) is 5.92 Å². The minimum Gasteiger partial charge on any atom is -0.519 e. The molecule has 0 saturated carbocycles. The second-order valence-corrected chi connectivity index (χ2v) is 13.1. The number of carbonyl (C=O) groups excluding carboxylic acids is 1. The van der Waals surface area contributed by atoms with Crippen LogP contribution in [0.2, 0.25) is 24.7 Å². The summed E-state index contributed by atoms with van der Waals surface area (Å²) in [6.07, 6.45) is 1.02. The fourth-order valence-electron chi connectivity index (χ4n) is 1.91. The lowest BCUT2D eigenvalue weighted by Crippen LogP contribution is -2.46. The molecule has 0 amide bonds. The number of rotatable bonds is 9. The Hall–Kier alpha value is -0.216. The minimum atomic E-state index is -2.74. The molecule has 0 spiro atoms. The van der Waals surface area contributed by atoms with Crippen molar-refractivity contribution < 1.29 is 22.5 Å². The highest BCUT2D eigenvalue weighted by Crippen LogP contribution is 2.28. The van der Waals surface area contributed by atoms with Gasteiger partial charge in [-0.05, 0) is 18.6 Å². The first kappa shape index (κ1) is 19.8. The average Bonchev–Trinajstić information content (AvgIpc) is 2.43. The molecule has 5 nitrogen and oxygen atoms in total. The molecule has 0 aromatic heterocycles. The fourth-order valence-corrected chi connectivity index (χ4v) is 5.73. The van der Waals surface area contributed by atoms with Crippen LogP contribution in [0.1, 0.15) is 27.2 Å². The summed E-state index contributed by atoms with van der Waals surface area (Å²) in [5.41, 5.74) is 0.438. The molecule has 0 aromatic carbocycles. The molecule has 0 aromatic rings. The smallest absolute Gasteiger partial charge is 0.501 e. The molecule has 0 rings (SSSR count). The molecule has 0 fully saturated rings. The van der Waals surface area contributed by atoms with E-state index in [4.69, 9.17) is 17.7 Å². The van der Waals surface area contributed by atoms with Gasteiger partial charge in [0.2, 0.25) is 0 Å². The van der Waals surface area contributed by atoms with Crippen molar-refractivity contribution in [3.8, 4) is 0 Å². The number of hydrogen-bond acceptors (Lipinski definition) is 5. The van der Waals surface area contributed by atoms with Crippen LogP contribution < -0.4 is 0 Å². The van der Waals surface area contributed by atoms with E-state index >= 15 is 0 Å². The first-order valence-corrected chi connectivity index (χ1v) is 12.0. The van der Waals surface area contributed by atoms with Crippen LogP contribution in [0.15, 0.2) is 0 Å². The van der Waals surface area contributed by atoms with Crippen LogP contribution in [0.3, 0.4) is 0 Å². The van der Waals surface area contributed by atoms with E-state index in [0.29, 0.717) is 11.6 Å². The number of carbonyl (C=O) groups is 1. The van der Waals surface area contributed by atoms with E-state index < -0.39 is 17.1 Å². The maximum Gasteiger partial charge on any atom is 0.501 e. The van der Waals surface area contributed by atoms with Crippen molar-refractivity contribution >= 4 is 23.1 Å². The summed E-state index contributed by atoms with van der Waals surface area (Å²) in [4.78, 5) is 12.3. The predicted octanol–water partition coefficient (Wildman–Crippen LogP) is 3.05. The molecule has 0 radical (unpaired) electrons. The molecule has 0 aliphatic carbocycles. The van der Waals surface area contributed by atoms with E-state index in [9.17, 15) is 4.79 Å². The Morgan fingerprint density at radius 1 is 1.05 bits per heavy atom. The van der Waals surface area contributed by atoms with Gasteiger partial charge in [-0.1, -0.05) is 27.2 Å². The topological polar surface area (TPSA) is 54.0 Å². The molecule has 2 unspecified atom stereocenters. The predicted molar refractivity (Wildman–Crippen MR) is 84.0 cm³/mol. The van der Waals surface area contributed by atoms with Gasteiger partial charge in [0.15, 0.2) is 0 Å².